The van der Waals surface area contributed by atoms with E-state index < -0.39 is 0 Å². The lowest BCUT2D eigenvalue weighted by atomic mass is 9.97. The van der Waals surface area contributed by atoms with Gasteiger partial charge in [0.15, 0.2) is 0 Å². The van der Waals surface area contributed by atoms with Gasteiger partial charge < -0.3 is 4.57 Å². The predicted molar refractivity (Wildman–Crippen MR) is 235 cm³/mol. The third-order valence-electron chi connectivity index (χ3n) is 12.2. The van der Waals surface area contributed by atoms with Gasteiger partial charge in [-0.25, -0.2) is 4.98 Å². The second-order valence-electron chi connectivity index (χ2n) is 15.2. The third-order valence-corrected chi connectivity index (χ3v) is 12.2. The summed E-state index contributed by atoms with van der Waals surface area (Å²) in [7, 11) is 0. The number of para-hydroxylation sites is 3. The summed E-state index contributed by atoms with van der Waals surface area (Å²) in [5, 5.41) is 12.4. The number of fused-ring (bicyclic) bond motifs is 11. The van der Waals surface area contributed by atoms with Crippen molar-refractivity contribution in [2.45, 2.75) is 0 Å². The van der Waals surface area contributed by atoms with E-state index in [9.17, 15) is 0 Å². The van der Waals surface area contributed by atoms with Gasteiger partial charge in [-0.2, -0.15) is 0 Å². The lowest BCUT2D eigenvalue weighted by molar-refractivity contribution is 1.10. The lowest BCUT2D eigenvalue weighted by Crippen LogP contribution is -1.99. The van der Waals surface area contributed by atoms with Gasteiger partial charge in [-0.1, -0.05) is 121 Å². The first-order valence-electron chi connectivity index (χ1n) is 19.3. The predicted octanol–water partition coefficient (Wildman–Crippen LogP) is 14.0. The van der Waals surface area contributed by atoms with E-state index in [-0.39, 0.29) is 0 Å². The van der Waals surface area contributed by atoms with Gasteiger partial charge in [-0.05, 0) is 116 Å². The molecule has 1 aliphatic rings. The summed E-state index contributed by atoms with van der Waals surface area (Å²) in [5.74, 6) is 0.945. The van der Waals surface area contributed by atoms with Crippen LogP contribution in [0, 0.1) is 0 Å². The highest BCUT2D eigenvalue weighted by molar-refractivity contribution is 6.17. The maximum Gasteiger partial charge on any atom is 0.138 e. The van der Waals surface area contributed by atoms with Crippen molar-refractivity contribution < 1.29 is 0 Å². The number of hydrogen-bond donors (Lipinski definition) is 0. The van der Waals surface area contributed by atoms with Crippen molar-refractivity contribution in [2.75, 3.05) is 0 Å². The molecule has 0 fully saturated rings. The normalized spacial score (nSPS) is 12.3. The zero-order valence-electron chi connectivity index (χ0n) is 30.2. The molecular weight excluding hydrogens is 679 g/mol. The summed E-state index contributed by atoms with van der Waals surface area (Å²) in [6, 6.07) is 69.0. The minimum atomic E-state index is 0.945. The molecule has 3 aromatic heterocycles. The molecule has 0 aliphatic heterocycles. The summed E-state index contributed by atoms with van der Waals surface area (Å²) in [5.41, 5.74) is 13.2. The van der Waals surface area contributed by atoms with Crippen molar-refractivity contribution in [2.24, 2.45) is 0 Å². The van der Waals surface area contributed by atoms with E-state index in [0.29, 0.717) is 0 Å². The summed E-state index contributed by atoms with van der Waals surface area (Å²) in [6.45, 7) is 0. The van der Waals surface area contributed by atoms with Gasteiger partial charge in [0.2, 0.25) is 0 Å². The quantitative estimate of drug-likeness (QED) is 0.179. The highest BCUT2D eigenvalue weighted by Crippen LogP contribution is 2.47. The van der Waals surface area contributed by atoms with E-state index in [0.717, 1.165) is 22.5 Å². The summed E-state index contributed by atoms with van der Waals surface area (Å²) >= 11 is 0. The van der Waals surface area contributed by atoms with Crippen LogP contribution in [0.15, 0.2) is 188 Å². The molecule has 0 atom stereocenters. The number of benzene rings is 9. The topological polar surface area (TPSA) is 22.8 Å². The van der Waals surface area contributed by atoms with E-state index >= 15 is 0 Å². The molecule has 0 N–H and O–H groups in total. The van der Waals surface area contributed by atoms with Crippen molar-refractivity contribution in [3.8, 4) is 45.0 Å². The molecule has 258 valence electrons. The standard InChI is InChI=1S/C53H31N3/c1-2-12-39(13-3-1)55-47-19-8-6-15-41(47)45-27-37-25-32(21-23-34(37)29-49(45)55)33-22-24-35-30-50-46(28-38(35)26-33)42-16-7-9-20-48(42)56(50)51-31-36-11-10-18-43-40-14-4-5-17-44(40)53(54-51)52(36)43/h1-31H. The summed E-state index contributed by atoms with van der Waals surface area (Å²) in [4.78, 5) is 5.43. The van der Waals surface area contributed by atoms with Crippen molar-refractivity contribution in [3.05, 3.63) is 188 Å². The van der Waals surface area contributed by atoms with Crippen LogP contribution in [0.2, 0.25) is 0 Å². The van der Waals surface area contributed by atoms with Crippen molar-refractivity contribution in [1.29, 1.82) is 0 Å². The fraction of sp³-hybridized carbons (Fsp3) is 0. The Morgan fingerprint density at radius 2 is 0.893 bits per heavy atom. The van der Waals surface area contributed by atoms with Gasteiger partial charge >= 0.3 is 0 Å². The van der Waals surface area contributed by atoms with Gasteiger partial charge in [-0.3, -0.25) is 4.57 Å². The number of aromatic nitrogens is 3. The SMILES string of the molecule is c1ccc(-n2c3ccccc3c3cc4cc(-c5ccc6cc7c(cc6c5)c5ccccc5n7-c5cc6cccc7c6c(n5)-c5ccccc5-7)ccc4cc32)cc1. The Hall–Kier alpha value is -7.49. The molecule has 9 aromatic carbocycles. The number of hydrogen-bond acceptors (Lipinski definition) is 1. The molecule has 1 aliphatic carbocycles. The summed E-state index contributed by atoms with van der Waals surface area (Å²) < 4.78 is 4.75. The first-order valence-corrected chi connectivity index (χ1v) is 19.3. The minimum absolute atomic E-state index is 0.945. The highest BCUT2D eigenvalue weighted by Gasteiger charge is 2.24. The fourth-order valence-electron chi connectivity index (χ4n) is 9.64. The molecule has 3 heteroatoms. The van der Waals surface area contributed by atoms with Crippen LogP contribution >= 0.6 is 0 Å². The lowest BCUT2D eigenvalue weighted by Gasteiger charge is -2.11. The molecule has 12 aromatic rings. The largest absolute Gasteiger partial charge is 0.309 e. The first-order chi connectivity index (χ1) is 27.7. The van der Waals surface area contributed by atoms with Gasteiger partial charge in [0.05, 0.1) is 27.8 Å². The molecule has 3 heterocycles. The Morgan fingerprint density at radius 1 is 0.321 bits per heavy atom. The van der Waals surface area contributed by atoms with Gasteiger partial charge in [0, 0.05) is 38.2 Å². The number of nitrogens with zero attached hydrogens (tertiary/aromatic N) is 3. The van der Waals surface area contributed by atoms with E-state index in [4.69, 9.17) is 4.98 Å². The zero-order chi connectivity index (χ0) is 36.5. The average Bonchev–Trinajstić information content (AvgIpc) is 3.88. The molecule has 3 nitrogen and oxygen atoms in total. The van der Waals surface area contributed by atoms with Gasteiger partial charge in [0.25, 0.3) is 0 Å². The first kappa shape index (κ1) is 29.9. The second kappa shape index (κ2) is 11.0. The number of rotatable bonds is 3. The van der Waals surface area contributed by atoms with Crippen LogP contribution in [-0.2, 0) is 0 Å². The monoisotopic (exact) mass is 709 g/mol. The van der Waals surface area contributed by atoms with Crippen LogP contribution in [-0.4, -0.2) is 14.1 Å². The molecule has 56 heavy (non-hydrogen) atoms. The molecular formula is C53H31N3. The molecule has 0 bridgehead atoms. The van der Waals surface area contributed by atoms with Crippen LogP contribution in [0.1, 0.15) is 0 Å². The van der Waals surface area contributed by atoms with Gasteiger partial charge in [-0.15, -0.1) is 0 Å². The molecule has 0 saturated carbocycles. The maximum atomic E-state index is 5.43. The van der Waals surface area contributed by atoms with E-state index in [1.165, 1.54) is 98.4 Å². The van der Waals surface area contributed by atoms with E-state index in [1.54, 1.807) is 0 Å². The zero-order valence-corrected chi connectivity index (χ0v) is 30.2. The van der Waals surface area contributed by atoms with Crippen LogP contribution < -0.4 is 0 Å². The van der Waals surface area contributed by atoms with Crippen LogP contribution in [0.25, 0.3) is 121 Å². The number of pyridine rings is 1. The van der Waals surface area contributed by atoms with Crippen LogP contribution in [0.3, 0.4) is 0 Å². The van der Waals surface area contributed by atoms with Gasteiger partial charge in [0.1, 0.15) is 5.82 Å². The second-order valence-corrected chi connectivity index (χ2v) is 15.2. The van der Waals surface area contributed by atoms with Crippen molar-refractivity contribution in [1.82, 2.24) is 14.1 Å². The minimum Gasteiger partial charge on any atom is -0.309 e. The Labute approximate surface area is 321 Å². The molecule has 0 radical (unpaired) electrons. The Bertz CT molecular complexity index is 3640. The van der Waals surface area contributed by atoms with E-state index in [2.05, 4.69) is 197 Å². The molecule has 13 rings (SSSR count). The maximum absolute atomic E-state index is 5.43. The molecule has 0 amide bonds. The van der Waals surface area contributed by atoms with Crippen molar-refractivity contribution in [3.63, 3.8) is 0 Å². The average molecular weight is 710 g/mol. The molecule has 0 unspecified atom stereocenters. The Morgan fingerprint density at radius 3 is 1.59 bits per heavy atom. The van der Waals surface area contributed by atoms with E-state index in [1.807, 2.05) is 0 Å². The highest BCUT2D eigenvalue weighted by atomic mass is 15.1. The Kier molecular flexibility index (Phi) is 5.89. The Balaban J connectivity index is 0.972. The molecule has 0 saturated heterocycles. The summed E-state index contributed by atoms with van der Waals surface area (Å²) in [6.07, 6.45) is 0. The fourth-order valence-corrected chi connectivity index (χ4v) is 9.64. The van der Waals surface area contributed by atoms with Crippen molar-refractivity contribution >= 4 is 75.9 Å². The molecule has 0 spiro atoms. The van der Waals surface area contributed by atoms with Crippen LogP contribution in [0.5, 0.6) is 0 Å². The third kappa shape index (κ3) is 4.09. The smallest absolute Gasteiger partial charge is 0.138 e. The van der Waals surface area contributed by atoms with Crippen LogP contribution in [0.4, 0.5) is 0 Å².